The molecule has 7 nitrogen and oxygen atoms in total. The van der Waals surface area contributed by atoms with Gasteiger partial charge < -0.3 is 19.7 Å². The van der Waals surface area contributed by atoms with Crippen LogP contribution < -0.4 is 5.32 Å². The van der Waals surface area contributed by atoms with Gasteiger partial charge in [-0.25, -0.2) is 14.4 Å². The van der Waals surface area contributed by atoms with Gasteiger partial charge in [-0.2, -0.15) is 0 Å². The number of likely N-dealkylation sites (N-methyl/N-ethyl adjacent to an activating group) is 1. The van der Waals surface area contributed by atoms with E-state index in [4.69, 9.17) is 9.47 Å². The number of nitrogens with zero attached hydrogens (tertiary/aromatic N) is 1. The lowest BCUT2D eigenvalue weighted by Gasteiger charge is -2.26. The van der Waals surface area contributed by atoms with E-state index in [1.165, 1.54) is 7.05 Å². The van der Waals surface area contributed by atoms with Crippen molar-refractivity contribution in [3.05, 3.63) is 12.7 Å². The molecular formula is C16H26N2O5. The maximum absolute atomic E-state index is 12.3. The molecule has 23 heavy (non-hydrogen) atoms. The van der Waals surface area contributed by atoms with Crippen molar-refractivity contribution in [1.82, 2.24) is 10.2 Å². The zero-order valence-electron chi connectivity index (χ0n) is 14.3. The van der Waals surface area contributed by atoms with Gasteiger partial charge in [-0.05, 0) is 46.6 Å². The summed E-state index contributed by atoms with van der Waals surface area (Å²) >= 11 is 0. The van der Waals surface area contributed by atoms with Crippen molar-refractivity contribution in [3.63, 3.8) is 0 Å². The van der Waals surface area contributed by atoms with Crippen LogP contribution in [0.2, 0.25) is 0 Å². The fourth-order valence-corrected chi connectivity index (χ4v) is 2.32. The zero-order valence-corrected chi connectivity index (χ0v) is 14.3. The van der Waals surface area contributed by atoms with E-state index in [2.05, 4.69) is 11.9 Å². The summed E-state index contributed by atoms with van der Waals surface area (Å²) in [7, 11) is 1.41. The molecule has 1 N–H and O–H groups in total. The number of hydrogen-bond donors (Lipinski definition) is 1. The average molecular weight is 326 g/mol. The number of nitrogens with one attached hydrogen (secondary N) is 1. The van der Waals surface area contributed by atoms with E-state index in [0.717, 1.165) is 11.3 Å². The standard InChI is InChI=1S/C16H26N2O5/c1-6-8-16(9-7-10-17-16)13(20)22-12(19)11-18(5)14(21)23-15(2,3)4/h6,17H,1,7-11H2,2-5H3/t16-/m0/s1. The predicted molar refractivity (Wildman–Crippen MR) is 84.7 cm³/mol. The SMILES string of the molecule is C=CC[C@@]1(C(=O)OC(=O)CN(C)C(=O)OC(C)(C)C)CCCN1. The largest absolute Gasteiger partial charge is 0.444 e. The summed E-state index contributed by atoms with van der Waals surface area (Å²) in [6.45, 7) is 9.15. The van der Waals surface area contributed by atoms with Crippen molar-refractivity contribution < 1.29 is 23.9 Å². The lowest BCUT2D eigenvalue weighted by Crippen LogP contribution is -2.49. The van der Waals surface area contributed by atoms with Crippen molar-refractivity contribution in [1.29, 1.82) is 0 Å². The van der Waals surface area contributed by atoms with E-state index in [0.29, 0.717) is 19.4 Å². The summed E-state index contributed by atoms with van der Waals surface area (Å²) in [5.74, 6) is -1.42. The molecule has 1 atom stereocenters. The second kappa shape index (κ2) is 7.59. The van der Waals surface area contributed by atoms with Crippen molar-refractivity contribution in [2.75, 3.05) is 20.1 Å². The Morgan fingerprint density at radius 2 is 2.00 bits per heavy atom. The lowest BCUT2D eigenvalue weighted by molar-refractivity contribution is -0.164. The van der Waals surface area contributed by atoms with Gasteiger partial charge in [0.25, 0.3) is 0 Å². The first-order valence-corrected chi connectivity index (χ1v) is 7.65. The Bertz CT molecular complexity index is 475. The molecule has 0 saturated carbocycles. The normalized spacial score (nSPS) is 20.7. The van der Waals surface area contributed by atoms with Gasteiger partial charge in [0.1, 0.15) is 17.7 Å². The van der Waals surface area contributed by atoms with E-state index in [9.17, 15) is 14.4 Å². The van der Waals surface area contributed by atoms with Crippen LogP contribution in [0.1, 0.15) is 40.0 Å². The van der Waals surface area contributed by atoms with Gasteiger partial charge in [0.05, 0.1) is 0 Å². The molecule has 1 amide bonds. The van der Waals surface area contributed by atoms with Crippen LogP contribution in [0, 0.1) is 0 Å². The van der Waals surface area contributed by atoms with Gasteiger partial charge in [-0.3, -0.25) is 0 Å². The van der Waals surface area contributed by atoms with Gasteiger partial charge in [0.2, 0.25) is 0 Å². The van der Waals surface area contributed by atoms with E-state index in [-0.39, 0.29) is 6.54 Å². The minimum atomic E-state index is -0.887. The molecule has 1 aliphatic heterocycles. The predicted octanol–water partition coefficient (Wildman–Crippen LogP) is 1.62. The molecule has 0 aromatic rings. The Kier molecular flexibility index (Phi) is 6.32. The average Bonchev–Trinajstić information content (AvgIpc) is 2.86. The highest BCUT2D eigenvalue weighted by Crippen LogP contribution is 2.25. The molecule has 1 heterocycles. The molecule has 0 unspecified atom stereocenters. The highest BCUT2D eigenvalue weighted by molar-refractivity contribution is 5.93. The first kappa shape index (κ1) is 19.2. The second-order valence-corrected chi connectivity index (χ2v) is 6.70. The summed E-state index contributed by atoms with van der Waals surface area (Å²) in [5, 5.41) is 3.08. The molecule has 1 aliphatic rings. The number of amides is 1. The van der Waals surface area contributed by atoms with Crippen LogP contribution in [0.4, 0.5) is 4.79 Å². The molecular weight excluding hydrogens is 300 g/mol. The van der Waals surface area contributed by atoms with Gasteiger partial charge in [-0.15, -0.1) is 6.58 Å². The third-order valence-electron chi connectivity index (χ3n) is 3.41. The maximum Gasteiger partial charge on any atom is 0.410 e. The molecule has 0 aromatic heterocycles. The van der Waals surface area contributed by atoms with E-state index >= 15 is 0 Å². The minimum absolute atomic E-state index is 0.356. The number of ether oxygens (including phenoxy) is 2. The third kappa shape index (κ3) is 5.67. The van der Waals surface area contributed by atoms with Gasteiger partial charge in [0.15, 0.2) is 0 Å². The van der Waals surface area contributed by atoms with Gasteiger partial charge in [-0.1, -0.05) is 6.08 Å². The molecule has 0 bridgehead atoms. The molecule has 0 radical (unpaired) electrons. The Hall–Kier alpha value is -1.89. The second-order valence-electron chi connectivity index (χ2n) is 6.70. The molecule has 0 spiro atoms. The van der Waals surface area contributed by atoms with Crippen LogP contribution in [0.25, 0.3) is 0 Å². The van der Waals surface area contributed by atoms with E-state index < -0.39 is 29.2 Å². The van der Waals surface area contributed by atoms with Crippen LogP contribution in [0.3, 0.4) is 0 Å². The number of esters is 2. The van der Waals surface area contributed by atoms with Crippen molar-refractivity contribution in [3.8, 4) is 0 Å². The summed E-state index contributed by atoms with van der Waals surface area (Å²) in [6, 6.07) is 0. The minimum Gasteiger partial charge on any atom is -0.444 e. The Morgan fingerprint density at radius 1 is 1.35 bits per heavy atom. The van der Waals surface area contributed by atoms with Crippen LogP contribution in [-0.2, 0) is 19.1 Å². The first-order chi connectivity index (χ1) is 10.6. The van der Waals surface area contributed by atoms with Crippen LogP contribution in [-0.4, -0.2) is 54.2 Å². The fraction of sp³-hybridized carbons (Fsp3) is 0.688. The fourth-order valence-electron chi connectivity index (χ4n) is 2.32. The highest BCUT2D eigenvalue weighted by atomic mass is 16.6. The highest BCUT2D eigenvalue weighted by Gasteiger charge is 2.42. The summed E-state index contributed by atoms with van der Waals surface area (Å²) in [6.07, 6.45) is 2.78. The monoisotopic (exact) mass is 326 g/mol. The summed E-state index contributed by atoms with van der Waals surface area (Å²) in [4.78, 5) is 37.0. The first-order valence-electron chi connectivity index (χ1n) is 7.65. The summed E-state index contributed by atoms with van der Waals surface area (Å²) < 4.78 is 10.0. The number of rotatable bonds is 5. The molecule has 1 fully saturated rings. The van der Waals surface area contributed by atoms with Crippen LogP contribution in [0.5, 0.6) is 0 Å². The molecule has 1 rings (SSSR count). The Labute approximate surface area is 137 Å². The molecule has 0 aromatic carbocycles. The van der Waals surface area contributed by atoms with Gasteiger partial charge in [0, 0.05) is 7.05 Å². The van der Waals surface area contributed by atoms with Gasteiger partial charge >= 0.3 is 18.0 Å². The van der Waals surface area contributed by atoms with Crippen molar-refractivity contribution in [2.45, 2.75) is 51.2 Å². The molecule has 7 heteroatoms. The zero-order chi connectivity index (χ0) is 17.7. The number of carbonyl (C=O) groups is 3. The third-order valence-corrected chi connectivity index (χ3v) is 3.41. The number of hydrogen-bond acceptors (Lipinski definition) is 6. The Balaban J connectivity index is 2.57. The van der Waals surface area contributed by atoms with Crippen molar-refractivity contribution >= 4 is 18.0 Å². The maximum atomic E-state index is 12.3. The lowest BCUT2D eigenvalue weighted by atomic mass is 9.93. The molecule has 0 aliphatic carbocycles. The molecule has 1 saturated heterocycles. The van der Waals surface area contributed by atoms with E-state index in [1.807, 2.05) is 0 Å². The smallest absolute Gasteiger partial charge is 0.410 e. The van der Waals surface area contributed by atoms with Crippen molar-refractivity contribution in [2.24, 2.45) is 0 Å². The van der Waals surface area contributed by atoms with Crippen LogP contribution >= 0.6 is 0 Å². The van der Waals surface area contributed by atoms with Crippen LogP contribution in [0.15, 0.2) is 12.7 Å². The van der Waals surface area contributed by atoms with E-state index in [1.54, 1.807) is 26.8 Å². The Morgan fingerprint density at radius 3 is 2.48 bits per heavy atom. The summed E-state index contributed by atoms with van der Waals surface area (Å²) in [5.41, 5.74) is -1.55. The molecule has 130 valence electrons. The topological polar surface area (TPSA) is 84.9 Å². The number of carbonyl (C=O) groups excluding carboxylic acids is 3. The quantitative estimate of drug-likeness (QED) is 0.469.